The van der Waals surface area contributed by atoms with Crippen LogP contribution in [0.3, 0.4) is 0 Å². The van der Waals surface area contributed by atoms with Crippen LogP contribution in [0.15, 0.2) is 109 Å². The average Bonchev–Trinajstić information content (AvgIpc) is 3.08. The fourth-order valence-electron chi connectivity index (χ4n) is 5.32. The second-order valence-corrected chi connectivity index (χ2v) is 13.4. The fraction of sp³-hybridized carbons (Fsp3) is 0.381. The van der Waals surface area contributed by atoms with Gasteiger partial charge in [-0.1, -0.05) is 127 Å². The minimum absolute atomic E-state index is 0.251. The topological polar surface area (TPSA) is 105 Å². The number of hydrogen-bond donors (Lipinski definition) is 2. The Morgan fingerprint density at radius 3 is 1.56 bits per heavy atom. The van der Waals surface area contributed by atoms with E-state index in [1.807, 2.05) is 24.3 Å². The van der Waals surface area contributed by atoms with E-state index in [1.54, 1.807) is 66.7 Å². The number of rotatable bonds is 16. The predicted octanol–water partition coefficient (Wildman–Crippen LogP) is 10.2. The molecule has 0 spiro atoms. The lowest BCUT2D eigenvalue weighted by molar-refractivity contribution is 0.0734. The van der Waals surface area contributed by atoms with Crippen molar-refractivity contribution in [3.05, 3.63) is 126 Å². The van der Waals surface area contributed by atoms with Gasteiger partial charge in [-0.2, -0.15) is 0 Å². The van der Waals surface area contributed by atoms with Crippen LogP contribution < -0.4 is 20.9 Å². The molecule has 1 atom stereocenters. The summed E-state index contributed by atoms with van der Waals surface area (Å²) in [6.45, 7) is 9.13. The van der Waals surface area contributed by atoms with Gasteiger partial charge in [0.2, 0.25) is 0 Å². The molecule has 0 saturated carbocycles. The molecule has 4 aromatic carbocycles. The van der Waals surface area contributed by atoms with Crippen LogP contribution in [-0.4, -0.2) is 18.0 Å². The van der Waals surface area contributed by atoms with Crippen LogP contribution in [-0.2, 0) is 5.41 Å². The molecule has 0 amide bonds. The molecule has 0 radical (unpaired) electrons. The van der Waals surface area contributed by atoms with Crippen LogP contribution >= 0.6 is 0 Å². The first-order valence-corrected chi connectivity index (χ1v) is 17.3. The summed E-state index contributed by atoms with van der Waals surface area (Å²) in [6.07, 6.45) is 11.9. The van der Waals surface area contributed by atoms with Gasteiger partial charge < -0.3 is 20.9 Å². The number of hydrogen-bond acceptors (Lipinski definition) is 6. The number of esters is 2. The lowest BCUT2D eigenvalue weighted by Crippen LogP contribution is -2.25. The van der Waals surface area contributed by atoms with Crippen molar-refractivity contribution in [1.29, 1.82) is 0 Å². The van der Waals surface area contributed by atoms with Crippen LogP contribution in [0, 0.1) is 5.92 Å². The van der Waals surface area contributed by atoms with E-state index < -0.39 is 11.9 Å². The molecule has 4 rings (SSSR count). The van der Waals surface area contributed by atoms with Gasteiger partial charge in [0.25, 0.3) is 0 Å². The molecule has 0 heterocycles. The van der Waals surface area contributed by atoms with Gasteiger partial charge in [0, 0.05) is 11.7 Å². The summed E-state index contributed by atoms with van der Waals surface area (Å²) in [5, 5.41) is 0. The third kappa shape index (κ3) is 13.7. The van der Waals surface area contributed by atoms with Crippen LogP contribution in [0.25, 0.3) is 0 Å². The largest absolute Gasteiger partial charge is 0.423 e. The number of nitrogen functional groups attached to an aromatic ring is 1. The maximum atomic E-state index is 12.2. The second-order valence-electron chi connectivity index (χ2n) is 13.4. The molecule has 4 N–H and O–H groups in total. The van der Waals surface area contributed by atoms with E-state index in [0.29, 0.717) is 23.5 Å². The third-order valence-corrected chi connectivity index (χ3v) is 8.63. The van der Waals surface area contributed by atoms with E-state index in [9.17, 15) is 9.59 Å². The zero-order valence-corrected chi connectivity index (χ0v) is 29.2. The molecule has 0 aliphatic carbocycles. The number of ether oxygens (including phenoxy) is 2. The van der Waals surface area contributed by atoms with Crippen LogP contribution in [0.5, 0.6) is 11.5 Å². The SMILES string of the molecule is CC(C)C(N)CCCCCCCCCC(C)(C)c1ccc(N)cc1.O=C(Oc1ccccc1)c1cccc(C(=O)Oc2ccccc2)c1. The van der Waals surface area contributed by atoms with E-state index in [0.717, 1.165) is 5.69 Å². The minimum Gasteiger partial charge on any atom is -0.423 e. The summed E-state index contributed by atoms with van der Waals surface area (Å²) in [7, 11) is 0. The molecule has 4 aromatic rings. The van der Waals surface area contributed by atoms with E-state index in [1.165, 1.54) is 69.4 Å². The molecule has 0 fully saturated rings. The Balaban J connectivity index is 0.000000260. The standard InChI is InChI=1S/C22H40N2.C20H14O4/c1-18(2)21(24)12-10-8-6-5-7-9-11-17-22(3,4)19-13-15-20(23)16-14-19;21-19(23-17-10-3-1-4-11-17)15-8-7-9-16(14-15)20(22)24-18-12-5-2-6-13-18/h13-16,18,21H,5-12,17,23-24H2,1-4H3;1-14H. The molecule has 6 nitrogen and oxygen atoms in total. The highest BCUT2D eigenvalue weighted by molar-refractivity contribution is 5.96. The zero-order chi connectivity index (χ0) is 34.8. The van der Waals surface area contributed by atoms with Crippen molar-refractivity contribution in [1.82, 2.24) is 0 Å². The number of carbonyl (C=O) groups excluding carboxylic acids is 2. The Morgan fingerprint density at radius 1 is 0.625 bits per heavy atom. The van der Waals surface area contributed by atoms with Gasteiger partial charge in [0.1, 0.15) is 11.5 Å². The van der Waals surface area contributed by atoms with E-state index >= 15 is 0 Å². The average molecular weight is 651 g/mol. The normalized spacial score (nSPS) is 11.7. The lowest BCUT2D eigenvalue weighted by atomic mass is 9.80. The summed E-state index contributed by atoms with van der Waals surface area (Å²) >= 11 is 0. The molecule has 1 unspecified atom stereocenters. The number of unbranched alkanes of at least 4 members (excludes halogenated alkanes) is 6. The van der Waals surface area contributed by atoms with Crippen LogP contribution in [0.1, 0.15) is 112 Å². The molecule has 0 aliphatic heterocycles. The Labute approximate surface area is 287 Å². The Bertz CT molecular complexity index is 1430. The summed E-state index contributed by atoms with van der Waals surface area (Å²) in [5.41, 5.74) is 14.9. The van der Waals surface area contributed by atoms with Gasteiger partial charge >= 0.3 is 11.9 Å². The monoisotopic (exact) mass is 650 g/mol. The van der Waals surface area contributed by atoms with Crippen molar-refractivity contribution >= 4 is 17.6 Å². The van der Waals surface area contributed by atoms with Crippen LogP contribution in [0.2, 0.25) is 0 Å². The first kappa shape index (κ1) is 38.0. The molecular weight excluding hydrogens is 596 g/mol. The first-order chi connectivity index (χ1) is 23.0. The van der Waals surface area contributed by atoms with Crippen molar-refractivity contribution in [2.45, 2.75) is 96.9 Å². The number of anilines is 1. The Kier molecular flexibility index (Phi) is 15.9. The predicted molar refractivity (Wildman–Crippen MR) is 197 cm³/mol. The van der Waals surface area contributed by atoms with Gasteiger partial charge in [-0.15, -0.1) is 0 Å². The van der Waals surface area contributed by atoms with Crippen molar-refractivity contribution in [3.63, 3.8) is 0 Å². The molecule has 0 aliphatic rings. The Morgan fingerprint density at radius 2 is 1.08 bits per heavy atom. The summed E-state index contributed by atoms with van der Waals surface area (Å²) in [4.78, 5) is 24.3. The molecule has 0 aromatic heterocycles. The van der Waals surface area contributed by atoms with Gasteiger partial charge in [-0.25, -0.2) is 9.59 Å². The van der Waals surface area contributed by atoms with E-state index in [4.69, 9.17) is 20.9 Å². The third-order valence-electron chi connectivity index (χ3n) is 8.63. The lowest BCUT2D eigenvalue weighted by Gasteiger charge is -2.25. The number of carbonyl (C=O) groups is 2. The van der Waals surface area contributed by atoms with Gasteiger partial charge in [0.15, 0.2) is 0 Å². The zero-order valence-electron chi connectivity index (χ0n) is 29.2. The van der Waals surface area contributed by atoms with E-state index in [-0.39, 0.29) is 16.5 Å². The van der Waals surface area contributed by atoms with Gasteiger partial charge in [-0.05, 0) is 84.3 Å². The molecule has 48 heavy (non-hydrogen) atoms. The Hall–Kier alpha value is -4.42. The molecule has 256 valence electrons. The molecule has 0 saturated heterocycles. The van der Waals surface area contributed by atoms with Gasteiger partial charge in [0.05, 0.1) is 11.1 Å². The number of para-hydroxylation sites is 2. The van der Waals surface area contributed by atoms with Crippen molar-refractivity contribution in [2.75, 3.05) is 5.73 Å². The highest BCUT2D eigenvalue weighted by Crippen LogP contribution is 2.30. The highest BCUT2D eigenvalue weighted by Gasteiger charge is 2.19. The maximum Gasteiger partial charge on any atom is 0.343 e. The summed E-state index contributed by atoms with van der Waals surface area (Å²) in [5.74, 6) is 0.445. The molecule has 0 bridgehead atoms. The quantitative estimate of drug-likeness (QED) is 0.0541. The smallest absolute Gasteiger partial charge is 0.343 e. The summed E-state index contributed by atoms with van der Waals surface area (Å²) in [6, 6.07) is 32.5. The van der Waals surface area contributed by atoms with Crippen molar-refractivity contribution < 1.29 is 19.1 Å². The molecule has 6 heteroatoms. The fourth-order valence-corrected chi connectivity index (χ4v) is 5.32. The minimum atomic E-state index is -0.532. The van der Waals surface area contributed by atoms with Crippen LogP contribution in [0.4, 0.5) is 5.69 Å². The summed E-state index contributed by atoms with van der Waals surface area (Å²) < 4.78 is 10.5. The highest BCUT2D eigenvalue weighted by atomic mass is 16.5. The maximum absolute atomic E-state index is 12.2. The number of nitrogens with two attached hydrogens (primary N) is 2. The van der Waals surface area contributed by atoms with E-state index in [2.05, 4.69) is 39.8 Å². The van der Waals surface area contributed by atoms with Gasteiger partial charge in [-0.3, -0.25) is 0 Å². The van der Waals surface area contributed by atoms with Crippen molar-refractivity contribution in [2.24, 2.45) is 11.7 Å². The number of benzene rings is 4. The van der Waals surface area contributed by atoms with Crippen molar-refractivity contribution in [3.8, 4) is 11.5 Å². The first-order valence-electron chi connectivity index (χ1n) is 17.3. The second kappa shape index (κ2) is 20.1. The molecular formula is C42H54N2O4.